The van der Waals surface area contributed by atoms with Crippen LogP contribution in [0.15, 0.2) is 42.6 Å². The molecule has 0 saturated heterocycles. The zero-order chi connectivity index (χ0) is 16.2. The van der Waals surface area contributed by atoms with Crippen molar-refractivity contribution in [3.05, 3.63) is 53.7 Å². The molecule has 0 spiro atoms. The van der Waals surface area contributed by atoms with Crippen molar-refractivity contribution in [3.63, 3.8) is 0 Å². The van der Waals surface area contributed by atoms with Crippen LogP contribution in [0.5, 0.6) is 0 Å². The van der Waals surface area contributed by atoms with Crippen LogP contribution < -0.4 is 10.2 Å². The number of fused-ring (bicyclic) bond motifs is 1. The molecule has 23 heavy (non-hydrogen) atoms. The minimum Gasteiger partial charge on any atom is -0.342 e. The van der Waals surface area contributed by atoms with E-state index in [2.05, 4.69) is 47.4 Å². The van der Waals surface area contributed by atoms with Crippen molar-refractivity contribution < 1.29 is 4.79 Å². The fourth-order valence-electron chi connectivity index (χ4n) is 2.81. The molecule has 1 aliphatic rings. The molecule has 0 bridgehead atoms. The van der Waals surface area contributed by atoms with Crippen molar-refractivity contribution in [2.24, 2.45) is 0 Å². The molecule has 1 amide bonds. The number of nitrogens with zero attached hydrogens (tertiary/aromatic N) is 2. The molecule has 1 N–H and O–H groups in total. The van der Waals surface area contributed by atoms with Gasteiger partial charge in [0.25, 0.3) is 0 Å². The Hall–Kier alpha value is -2.80. The molecular weight excluding hydrogens is 286 g/mol. The molecule has 1 aromatic heterocycles. The Morgan fingerprint density at radius 1 is 1.30 bits per heavy atom. The highest BCUT2D eigenvalue weighted by Crippen LogP contribution is 2.30. The quantitative estimate of drug-likeness (QED) is 0.884. The number of aromatic nitrogens is 1. The van der Waals surface area contributed by atoms with Crippen LogP contribution in [0.2, 0.25) is 0 Å². The smallest absolute Gasteiger partial charge is 0.248 e. The third-order valence-corrected chi connectivity index (χ3v) is 4.07. The van der Waals surface area contributed by atoms with Crippen molar-refractivity contribution in [1.82, 2.24) is 4.98 Å². The molecule has 1 aliphatic heterocycles. The first-order valence-electron chi connectivity index (χ1n) is 7.70. The molecule has 4 nitrogen and oxygen atoms in total. The van der Waals surface area contributed by atoms with Gasteiger partial charge in [-0.25, -0.2) is 4.98 Å². The summed E-state index contributed by atoms with van der Waals surface area (Å²) in [6.07, 6.45) is 8.40. The van der Waals surface area contributed by atoms with E-state index in [1.807, 2.05) is 17.0 Å². The van der Waals surface area contributed by atoms with Gasteiger partial charge in [0.15, 0.2) is 5.82 Å². The van der Waals surface area contributed by atoms with E-state index in [0.717, 1.165) is 17.9 Å². The van der Waals surface area contributed by atoms with E-state index in [-0.39, 0.29) is 11.9 Å². The van der Waals surface area contributed by atoms with Gasteiger partial charge in [0, 0.05) is 19.2 Å². The third-order valence-electron chi connectivity index (χ3n) is 4.07. The minimum atomic E-state index is -0.368. The van der Waals surface area contributed by atoms with E-state index < -0.39 is 0 Å². The van der Waals surface area contributed by atoms with Gasteiger partial charge in [-0.2, -0.15) is 0 Å². The van der Waals surface area contributed by atoms with Crippen molar-refractivity contribution >= 4 is 17.4 Å². The topological polar surface area (TPSA) is 45.2 Å². The van der Waals surface area contributed by atoms with Gasteiger partial charge in [-0.3, -0.25) is 4.79 Å². The summed E-state index contributed by atoms with van der Waals surface area (Å²) >= 11 is 0. The van der Waals surface area contributed by atoms with Crippen molar-refractivity contribution in [1.29, 1.82) is 0 Å². The molecule has 0 saturated carbocycles. The lowest BCUT2D eigenvalue weighted by atomic mass is 10.1. The van der Waals surface area contributed by atoms with E-state index in [4.69, 9.17) is 6.42 Å². The maximum atomic E-state index is 12.3. The summed E-state index contributed by atoms with van der Waals surface area (Å²) in [5.41, 5.74) is 3.22. The summed E-state index contributed by atoms with van der Waals surface area (Å²) < 4.78 is 0. The lowest BCUT2D eigenvalue weighted by Gasteiger charge is -2.36. The van der Waals surface area contributed by atoms with Gasteiger partial charge in [-0.05, 0) is 31.0 Å². The molecule has 2 heterocycles. The largest absolute Gasteiger partial charge is 0.342 e. The Bertz CT molecular complexity index is 746. The first kappa shape index (κ1) is 15.1. The van der Waals surface area contributed by atoms with Gasteiger partial charge in [0.2, 0.25) is 5.91 Å². The zero-order valence-electron chi connectivity index (χ0n) is 13.1. The highest BCUT2D eigenvalue weighted by Gasteiger charge is 2.32. The number of amides is 1. The van der Waals surface area contributed by atoms with Crippen LogP contribution in [-0.2, 0) is 11.2 Å². The van der Waals surface area contributed by atoms with Crippen LogP contribution in [0.4, 0.5) is 11.5 Å². The molecule has 0 unspecified atom stereocenters. The SMILES string of the molecule is C#CC[C@@H]1C(=O)Nc2cccnc2N1CCc1ccc(C)cc1. The van der Waals surface area contributed by atoms with Gasteiger partial charge >= 0.3 is 0 Å². The zero-order valence-corrected chi connectivity index (χ0v) is 13.1. The third kappa shape index (κ3) is 3.19. The standard InChI is InChI=1S/C19H19N3O/c1-3-5-17-19(23)21-16-6-4-12-20-18(16)22(17)13-11-15-9-7-14(2)8-10-15/h1,4,6-10,12,17H,5,11,13H2,2H3,(H,21,23)/t17-/m1/s1. The van der Waals surface area contributed by atoms with Crippen LogP contribution in [0.3, 0.4) is 0 Å². The van der Waals surface area contributed by atoms with E-state index in [0.29, 0.717) is 13.0 Å². The van der Waals surface area contributed by atoms with E-state index in [9.17, 15) is 4.79 Å². The molecule has 0 fully saturated rings. The predicted molar refractivity (Wildman–Crippen MR) is 92.3 cm³/mol. The lowest BCUT2D eigenvalue weighted by molar-refractivity contribution is -0.117. The number of carbonyl (C=O) groups excluding carboxylic acids is 1. The second kappa shape index (κ2) is 6.53. The molecule has 3 rings (SSSR count). The van der Waals surface area contributed by atoms with Gasteiger partial charge in [-0.1, -0.05) is 29.8 Å². The highest BCUT2D eigenvalue weighted by atomic mass is 16.2. The molecule has 1 atom stereocenters. The molecule has 116 valence electrons. The Morgan fingerprint density at radius 2 is 2.09 bits per heavy atom. The van der Waals surface area contributed by atoms with Gasteiger partial charge in [-0.15, -0.1) is 12.3 Å². The van der Waals surface area contributed by atoms with E-state index in [1.165, 1.54) is 11.1 Å². The molecular formula is C19H19N3O. The Kier molecular flexibility index (Phi) is 4.29. The van der Waals surface area contributed by atoms with Gasteiger partial charge in [0.1, 0.15) is 6.04 Å². The van der Waals surface area contributed by atoms with Gasteiger partial charge < -0.3 is 10.2 Å². The second-order valence-corrected chi connectivity index (χ2v) is 5.72. The average molecular weight is 305 g/mol. The summed E-state index contributed by atoms with van der Waals surface area (Å²) in [6.45, 7) is 2.77. The normalized spacial score (nSPS) is 16.4. The van der Waals surface area contributed by atoms with Gasteiger partial charge in [0.05, 0.1) is 5.69 Å². The molecule has 0 aliphatic carbocycles. The predicted octanol–water partition coefficient (Wildman–Crippen LogP) is 2.78. The molecule has 0 radical (unpaired) electrons. The Labute approximate surface area is 136 Å². The fraction of sp³-hybridized carbons (Fsp3) is 0.263. The maximum absolute atomic E-state index is 12.3. The number of pyridine rings is 1. The summed E-state index contributed by atoms with van der Waals surface area (Å²) in [5.74, 6) is 3.33. The number of aryl methyl sites for hydroxylation is 1. The minimum absolute atomic E-state index is 0.0626. The fourth-order valence-corrected chi connectivity index (χ4v) is 2.81. The Balaban J connectivity index is 1.85. The lowest BCUT2D eigenvalue weighted by Crippen LogP contribution is -2.49. The van der Waals surface area contributed by atoms with E-state index >= 15 is 0 Å². The number of carbonyl (C=O) groups is 1. The summed E-state index contributed by atoms with van der Waals surface area (Å²) in [4.78, 5) is 18.8. The van der Waals surface area contributed by atoms with Crippen molar-refractivity contribution in [3.8, 4) is 12.3 Å². The van der Waals surface area contributed by atoms with Crippen LogP contribution >= 0.6 is 0 Å². The summed E-state index contributed by atoms with van der Waals surface area (Å²) in [5, 5.41) is 2.89. The van der Waals surface area contributed by atoms with E-state index in [1.54, 1.807) is 6.20 Å². The second-order valence-electron chi connectivity index (χ2n) is 5.72. The summed E-state index contributed by atoms with van der Waals surface area (Å²) in [6, 6.07) is 11.8. The monoisotopic (exact) mass is 305 g/mol. The van der Waals surface area contributed by atoms with Crippen LogP contribution in [0.25, 0.3) is 0 Å². The number of hydrogen-bond acceptors (Lipinski definition) is 3. The van der Waals surface area contributed by atoms with Crippen molar-refractivity contribution in [2.75, 3.05) is 16.8 Å². The first-order valence-corrected chi connectivity index (χ1v) is 7.70. The Morgan fingerprint density at radius 3 is 2.83 bits per heavy atom. The molecule has 2 aromatic rings. The number of terminal acetylenes is 1. The highest BCUT2D eigenvalue weighted by molar-refractivity contribution is 6.02. The van der Waals surface area contributed by atoms with Crippen LogP contribution in [0, 0.1) is 19.3 Å². The maximum Gasteiger partial charge on any atom is 0.248 e. The first-order chi connectivity index (χ1) is 11.2. The summed E-state index contributed by atoms with van der Waals surface area (Å²) in [7, 11) is 0. The van der Waals surface area contributed by atoms with Crippen LogP contribution in [0.1, 0.15) is 17.5 Å². The van der Waals surface area contributed by atoms with Crippen LogP contribution in [-0.4, -0.2) is 23.5 Å². The number of nitrogens with one attached hydrogen (secondary N) is 1. The molecule has 1 aromatic carbocycles. The number of hydrogen-bond donors (Lipinski definition) is 1. The number of rotatable bonds is 4. The number of anilines is 2. The number of benzene rings is 1. The van der Waals surface area contributed by atoms with Crippen molar-refractivity contribution in [2.45, 2.75) is 25.8 Å². The average Bonchev–Trinajstić information content (AvgIpc) is 2.56. The molecule has 4 heteroatoms.